The van der Waals surface area contributed by atoms with Gasteiger partial charge in [0.15, 0.2) is 0 Å². The molecule has 0 amide bonds. The van der Waals surface area contributed by atoms with E-state index < -0.39 is 0 Å². The van der Waals surface area contributed by atoms with E-state index in [-0.39, 0.29) is 0 Å². The van der Waals surface area contributed by atoms with Crippen molar-refractivity contribution in [2.45, 2.75) is 0 Å². The largest absolute Gasteiger partial charge is 0.309 e. The van der Waals surface area contributed by atoms with Gasteiger partial charge in [-0.3, -0.25) is 0 Å². The summed E-state index contributed by atoms with van der Waals surface area (Å²) in [6, 6.07) is 86.8. The number of benzene rings is 11. The van der Waals surface area contributed by atoms with E-state index in [2.05, 4.69) is 241 Å². The zero-order chi connectivity index (χ0) is 40.3. The Morgan fingerprint density at radius 1 is 0.213 bits per heavy atom. The van der Waals surface area contributed by atoms with Crippen molar-refractivity contribution in [1.29, 1.82) is 0 Å². The summed E-state index contributed by atoms with van der Waals surface area (Å²) in [5.41, 5.74) is 15.8. The maximum Gasteiger partial charge on any atom is 0.0541 e. The summed E-state index contributed by atoms with van der Waals surface area (Å²) < 4.78 is 2.37. The van der Waals surface area contributed by atoms with Gasteiger partial charge < -0.3 is 4.57 Å². The monoisotopic (exact) mass is 773 g/mol. The third kappa shape index (κ3) is 6.10. The van der Waals surface area contributed by atoms with Gasteiger partial charge in [0, 0.05) is 16.5 Å². The molecule has 0 unspecified atom stereocenters. The molecule has 12 rings (SSSR count). The fourth-order valence-electron chi connectivity index (χ4n) is 9.52. The molecule has 0 spiro atoms. The Hall–Kier alpha value is -8.00. The van der Waals surface area contributed by atoms with Gasteiger partial charge in [-0.05, 0) is 143 Å². The van der Waals surface area contributed by atoms with Crippen molar-refractivity contribution >= 4 is 54.1 Å². The van der Waals surface area contributed by atoms with E-state index in [0.29, 0.717) is 0 Å². The first-order valence-corrected chi connectivity index (χ1v) is 21.1. The average Bonchev–Trinajstić information content (AvgIpc) is 3.67. The van der Waals surface area contributed by atoms with E-state index >= 15 is 0 Å². The second-order valence-electron chi connectivity index (χ2n) is 16.1. The van der Waals surface area contributed by atoms with E-state index in [9.17, 15) is 0 Å². The van der Waals surface area contributed by atoms with E-state index in [1.807, 2.05) is 0 Å². The fourth-order valence-corrected chi connectivity index (χ4v) is 9.52. The van der Waals surface area contributed by atoms with Crippen molar-refractivity contribution in [2.24, 2.45) is 0 Å². The molecule has 11 aromatic carbocycles. The fraction of sp³-hybridized carbons (Fsp3) is 0. The summed E-state index contributed by atoms with van der Waals surface area (Å²) in [7, 11) is 0. The minimum absolute atomic E-state index is 1.17. The average molecular weight is 774 g/mol. The quantitative estimate of drug-likeness (QED) is 0.159. The Morgan fingerprint density at radius 3 is 1.10 bits per heavy atom. The summed E-state index contributed by atoms with van der Waals surface area (Å²) in [6.07, 6.45) is 0. The van der Waals surface area contributed by atoms with E-state index in [1.165, 1.54) is 115 Å². The molecule has 0 saturated heterocycles. The molecule has 1 aromatic heterocycles. The van der Waals surface area contributed by atoms with Crippen molar-refractivity contribution < 1.29 is 0 Å². The zero-order valence-corrected chi connectivity index (χ0v) is 33.5. The van der Waals surface area contributed by atoms with Crippen LogP contribution in [-0.2, 0) is 0 Å². The first kappa shape index (κ1) is 35.0. The second-order valence-corrected chi connectivity index (χ2v) is 16.1. The van der Waals surface area contributed by atoms with Gasteiger partial charge in [0.05, 0.1) is 11.0 Å². The van der Waals surface area contributed by atoms with Gasteiger partial charge in [-0.2, -0.15) is 0 Å². The minimum Gasteiger partial charge on any atom is -0.309 e. The molecule has 0 aliphatic carbocycles. The molecule has 0 aliphatic heterocycles. The lowest BCUT2D eigenvalue weighted by Gasteiger charge is -2.15. The first-order valence-electron chi connectivity index (χ1n) is 21.1. The summed E-state index contributed by atoms with van der Waals surface area (Å²) in [5.74, 6) is 0. The molecule has 0 saturated carbocycles. The standard InChI is InChI=1S/C60H39N/c1-3-15-53-43(11-1)13-9-19-55(53)50-37-49(38-51(39-50)56-20-10-14-44-12-2-4-16-54(44)56)42-25-23-40(24-26-42)45-27-29-48-36-46(28-30-47(48)35-45)41-31-33-52(34-32-41)61-59-21-7-5-17-57(59)58-18-6-8-22-60(58)61/h1-39H. The lowest BCUT2D eigenvalue weighted by atomic mass is 9.89. The zero-order valence-electron chi connectivity index (χ0n) is 33.5. The third-order valence-electron chi connectivity index (χ3n) is 12.6. The number of rotatable bonds is 6. The lowest BCUT2D eigenvalue weighted by molar-refractivity contribution is 1.18. The number of nitrogens with zero attached hydrogens (tertiary/aromatic N) is 1. The van der Waals surface area contributed by atoms with Crippen LogP contribution in [0.3, 0.4) is 0 Å². The van der Waals surface area contributed by atoms with Crippen LogP contribution in [0.4, 0.5) is 0 Å². The van der Waals surface area contributed by atoms with Crippen LogP contribution < -0.4 is 0 Å². The molecule has 284 valence electrons. The molecule has 1 heterocycles. The topological polar surface area (TPSA) is 4.93 Å². The normalized spacial score (nSPS) is 11.6. The van der Waals surface area contributed by atoms with Gasteiger partial charge in [0.2, 0.25) is 0 Å². The number of hydrogen-bond acceptors (Lipinski definition) is 0. The molecular weight excluding hydrogens is 735 g/mol. The highest BCUT2D eigenvalue weighted by atomic mass is 15.0. The SMILES string of the molecule is c1ccc2c(-c3cc(-c4ccc(-c5ccc6cc(-c7ccc(-n8c9ccccc9c9ccccc98)cc7)ccc6c5)cc4)cc(-c4cccc5ccccc45)c3)cccc2c1. The summed E-state index contributed by atoms with van der Waals surface area (Å²) in [4.78, 5) is 0. The van der Waals surface area contributed by atoms with Crippen LogP contribution in [0.2, 0.25) is 0 Å². The van der Waals surface area contributed by atoms with Gasteiger partial charge in [0.25, 0.3) is 0 Å². The number of aromatic nitrogens is 1. The van der Waals surface area contributed by atoms with Crippen LogP contribution in [0.15, 0.2) is 237 Å². The molecule has 0 bridgehead atoms. The minimum atomic E-state index is 1.17. The van der Waals surface area contributed by atoms with Gasteiger partial charge in [0.1, 0.15) is 0 Å². The number of fused-ring (bicyclic) bond motifs is 6. The van der Waals surface area contributed by atoms with E-state index in [4.69, 9.17) is 0 Å². The molecule has 0 radical (unpaired) electrons. The summed E-state index contributed by atoms with van der Waals surface area (Å²) >= 11 is 0. The Balaban J connectivity index is 0.867. The summed E-state index contributed by atoms with van der Waals surface area (Å²) in [5, 5.41) is 10.0. The van der Waals surface area contributed by atoms with Crippen LogP contribution in [0.5, 0.6) is 0 Å². The Kier molecular flexibility index (Phi) is 8.25. The van der Waals surface area contributed by atoms with Crippen molar-refractivity contribution in [2.75, 3.05) is 0 Å². The van der Waals surface area contributed by atoms with Crippen LogP contribution in [-0.4, -0.2) is 4.57 Å². The predicted molar refractivity (Wildman–Crippen MR) is 260 cm³/mol. The Morgan fingerprint density at radius 2 is 0.590 bits per heavy atom. The van der Waals surface area contributed by atoms with Crippen LogP contribution in [0.1, 0.15) is 0 Å². The molecular formula is C60H39N. The van der Waals surface area contributed by atoms with E-state index in [1.54, 1.807) is 0 Å². The number of para-hydroxylation sites is 2. The third-order valence-corrected chi connectivity index (χ3v) is 12.6. The van der Waals surface area contributed by atoms with Crippen molar-refractivity contribution in [3.8, 4) is 61.3 Å². The highest BCUT2D eigenvalue weighted by Crippen LogP contribution is 2.39. The van der Waals surface area contributed by atoms with Crippen LogP contribution in [0.25, 0.3) is 115 Å². The van der Waals surface area contributed by atoms with Crippen molar-refractivity contribution in [3.63, 3.8) is 0 Å². The molecule has 0 atom stereocenters. The first-order chi connectivity index (χ1) is 30.2. The molecule has 12 aromatic rings. The van der Waals surface area contributed by atoms with Crippen LogP contribution >= 0.6 is 0 Å². The second kappa shape index (κ2) is 14.4. The molecule has 1 heteroatoms. The van der Waals surface area contributed by atoms with E-state index in [0.717, 1.165) is 0 Å². The Labute approximate surface area is 355 Å². The number of hydrogen-bond donors (Lipinski definition) is 0. The smallest absolute Gasteiger partial charge is 0.0541 e. The molecule has 0 aliphatic rings. The summed E-state index contributed by atoms with van der Waals surface area (Å²) in [6.45, 7) is 0. The lowest BCUT2D eigenvalue weighted by Crippen LogP contribution is -1.93. The maximum atomic E-state index is 2.37. The molecule has 0 N–H and O–H groups in total. The molecule has 61 heavy (non-hydrogen) atoms. The van der Waals surface area contributed by atoms with Gasteiger partial charge in [-0.25, -0.2) is 0 Å². The van der Waals surface area contributed by atoms with Crippen LogP contribution in [0, 0.1) is 0 Å². The molecule has 1 nitrogen and oxygen atoms in total. The molecule has 0 fully saturated rings. The maximum absolute atomic E-state index is 2.37. The van der Waals surface area contributed by atoms with Gasteiger partial charge in [-0.1, -0.05) is 182 Å². The van der Waals surface area contributed by atoms with Gasteiger partial charge >= 0.3 is 0 Å². The highest BCUT2D eigenvalue weighted by Gasteiger charge is 2.14. The van der Waals surface area contributed by atoms with Gasteiger partial charge in [-0.15, -0.1) is 0 Å². The highest BCUT2D eigenvalue weighted by molar-refractivity contribution is 6.09. The Bertz CT molecular complexity index is 3460. The van der Waals surface area contributed by atoms with Crippen molar-refractivity contribution in [1.82, 2.24) is 4.57 Å². The predicted octanol–water partition coefficient (Wildman–Crippen LogP) is 16.6. The van der Waals surface area contributed by atoms with Crippen molar-refractivity contribution in [3.05, 3.63) is 237 Å².